The summed E-state index contributed by atoms with van der Waals surface area (Å²) >= 11 is 22.0. The van der Waals surface area contributed by atoms with Gasteiger partial charge in [0.15, 0.2) is 9.67 Å². The minimum atomic E-state index is -1.26. The molecule has 22 heavy (non-hydrogen) atoms. The molecule has 9 heteroatoms. The third-order valence-corrected chi connectivity index (χ3v) is 3.51. The van der Waals surface area contributed by atoms with Gasteiger partial charge in [-0.25, -0.2) is 0 Å². The third kappa shape index (κ3) is 5.72. The number of anilines is 1. The number of nitrogens with zero attached hydrogens (tertiary/aromatic N) is 1. The van der Waals surface area contributed by atoms with E-state index in [2.05, 4.69) is 10.6 Å². The van der Waals surface area contributed by atoms with Gasteiger partial charge in [-0.05, 0) is 17.7 Å². The zero-order valence-corrected chi connectivity index (χ0v) is 14.8. The number of hydrogen-bond donors (Lipinski definition) is 2. The van der Waals surface area contributed by atoms with Crippen LogP contribution in [0.1, 0.15) is 11.7 Å². The lowest BCUT2D eigenvalue weighted by Gasteiger charge is -2.22. The SMILES string of the molecule is CN(C)c1ccc(C(NC(=O)C(Cl)Cl)NC(=O)C(Cl)Cl)cc1. The third-order valence-electron chi connectivity index (χ3n) is 2.71. The highest BCUT2D eigenvalue weighted by Gasteiger charge is 2.22. The van der Waals surface area contributed by atoms with E-state index in [1.807, 2.05) is 31.1 Å². The van der Waals surface area contributed by atoms with Crippen molar-refractivity contribution in [1.29, 1.82) is 0 Å². The second kappa shape index (κ2) is 8.67. The second-order valence-electron chi connectivity index (χ2n) is 4.54. The lowest BCUT2D eigenvalue weighted by molar-refractivity contribution is -0.122. The Bertz CT molecular complexity index is 499. The van der Waals surface area contributed by atoms with Crippen molar-refractivity contribution >= 4 is 63.9 Å². The molecule has 0 aliphatic rings. The van der Waals surface area contributed by atoms with Crippen LogP contribution in [-0.2, 0) is 9.59 Å². The number of carbonyl (C=O) groups excluding carboxylic acids is 2. The molecule has 122 valence electrons. The Labute approximate surface area is 148 Å². The maximum atomic E-state index is 11.7. The van der Waals surface area contributed by atoms with E-state index in [0.717, 1.165) is 5.69 Å². The average molecular weight is 387 g/mol. The minimum absolute atomic E-state index is 0.621. The Kier molecular flexibility index (Phi) is 7.56. The van der Waals surface area contributed by atoms with Crippen LogP contribution in [0.4, 0.5) is 5.69 Å². The van der Waals surface area contributed by atoms with Crippen molar-refractivity contribution in [1.82, 2.24) is 10.6 Å². The lowest BCUT2D eigenvalue weighted by atomic mass is 10.1. The summed E-state index contributed by atoms with van der Waals surface area (Å²) < 4.78 is 0. The number of carbonyl (C=O) groups is 2. The predicted octanol–water partition coefficient (Wildman–Crippen LogP) is 2.59. The fraction of sp³-hybridized carbons (Fsp3) is 0.385. The average Bonchev–Trinajstić information content (AvgIpc) is 2.46. The molecule has 0 saturated heterocycles. The van der Waals surface area contributed by atoms with Gasteiger partial charge in [0.25, 0.3) is 11.8 Å². The topological polar surface area (TPSA) is 61.4 Å². The second-order valence-corrected chi connectivity index (χ2v) is 6.73. The van der Waals surface area contributed by atoms with Gasteiger partial charge >= 0.3 is 0 Å². The normalized spacial score (nSPS) is 11.0. The summed E-state index contributed by atoms with van der Waals surface area (Å²) in [6.07, 6.45) is -0.851. The largest absolute Gasteiger partial charge is 0.378 e. The molecule has 0 unspecified atom stereocenters. The first-order valence-corrected chi connectivity index (χ1v) is 7.91. The molecule has 2 amide bonds. The zero-order chi connectivity index (χ0) is 16.9. The molecular formula is C13H15Cl4N3O2. The fourth-order valence-corrected chi connectivity index (χ4v) is 1.83. The van der Waals surface area contributed by atoms with E-state index >= 15 is 0 Å². The predicted molar refractivity (Wildman–Crippen MR) is 90.8 cm³/mol. The number of hydrogen-bond acceptors (Lipinski definition) is 3. The van der Waals surface area contributed by atoms with Crippen LogP contribution in [0.3, 0.4) is 0 Å². The summed E-state index contributed by atoms with van der Waals surface area (Å²) in [5, 5.41) is 5.00. The lowest BCUT2D eigenvalue weighted by Crippen LogP contribution is -2.44. The number of nitrogens with one attached hydrogen (secondary N) is 2. The highest BCUT2D eigenvalue weighted by molar-refractivity contribution is 6.54. The van der Waals surface area contributed by atoms with Gasteiger partial charge in [0.2, 0.25) is 0 Å². The highest BCUT2D eigenvalue weighted by Crippen LogP contribution is 2.18. The molecule has 0 bridgehead atoms. The standard InChI is InChI=1S/C13H15Cl4N3O2/c1-20(2)8-5-3-7(4-6-8)11(18-12(21)9(14)15)19-13(22)10(16)17/h3-6,9-11H,1-2H3,(H,18,21)(H,19,22). The van der Waals surface area contributed by atoms with Crippen molar-refractivity contribution in [3.05, 3.63) is 29.8 Å². The Balaban J connectivity index is 2.97. The summed E-state index contributed by atoms with van der Waals surface area (Å²) in [7, 11) is 3.79. The van der Waals surface area contributed by atoms with E-state index in [1.165, 1.54) is 0 Å². The molecule has 0 aromatic heterocycles. The number of benzene rings is 1. The molecule has 5 nitrogen and oxygen atoms in total. The molecule has 0 aliphatic carbocycles. The van der Waals surface area contributed by atoms with E-state index < -0.39 is 27.7 Å². The van der Waals surface area contributed by atoms with Crippen LogP contribution in [0.2, 0.25) is 0 Å². The molecular weight excluding hydrogens is 372 g/mol. The Morgan fingerprint density at radius 1 is 0.909 bits per heavy atom. The summed E-state index contributed by atoms with van der Waals surface area (Å²) in [6, 6.07) is 7.15. The van der Waals surface area contributed by atoms with Crippen molar-refractivity contribution < 1.29 is 9.59 Å². The van der Waals surface area contributed by atoms with Crippen molar-refractivity contribution in [2.75, 3.05) is 19.0 Å². The maximum Gasteiger partial charge on any atom is 0.255 e. The van der Waals surface area contributed by atoms with Crippen LogP contribution in [0.25, 0.3) is 0 Å². The van der Waals surface area contributed by atoms with Gasteiger partial charge in [-0.2, -0.15) is 0 Å². The van der Waals surface area contributed by atoms with Gasteiger partial charge in [0, 0.05) is 19.8 Å². The Morgan fingerprint density at radius 2 is 1.32 bits per heavy atom. The van der Waals surface area contributed by atoms with Gasteiger partial charge in [-0.3, -0.25) is 9.59 Å². The van der Waals surface area contributed by atoms with Crippen molar-refractivity contribution in [3.8, 4) is 0 Å². The Hall–Kier alpha value is -0.880. The van der Waals surface area contributed by atoms with Crippen LogP contribution < -0.4 is 15.5 Å². The van der Waals surface area contributed by atoms with E-state index in [9.17, 15) is 9.59 Å². The van der Waals surface area contributed by atoms with Gasteiger partial charge in [0.05, 0.1) is 0 Å². The van der Waals surface area contributed by atoms with Crippen LogP contribution in [0.15, 0.2) is 24.3 Å². The van der Waals surface area contributed by atoms with E-state index in [-0.39, 0.29) is 0 Å². The van der Waals surface area contributed by atoms with Crippen LogP contribution in [0.5, 0.6) is 0 Å². The van der Waals surface area contributed by atoms with Gasteiger partial charge in [0.1, 0.15) is 6.17 Å². The number of halogens is 4. The quantitative estimate of drug-likeness (QED) is 0.583. The van der Waals surface area contributed by atoms with E-state index in [0.29, 0.717) is 5.56 Å². The first kappa shape index (κ1) is 19.2. The fourth-order valence-electron chi connectivity index (χ4n) is 1.58. The summed E-state index contributed by atoms with van der Waals surface area (Å²) in [5.74, 6) is -1.29. The number of alkyl halides is 4. The molecule has 0 heterocycles. The van der Waals surface area contributed by atoms with Gasteiger partial charge < -0.3 is 15.5 Å². The van der Waals surface area contributed by atoms with E-state index in [4.69, 9.17) is 46.4 Å². The first-order chi connectivity index (χ1) is 10.2. The van der Waals surface area contributed by atoms with E-state index in [1.54, 1.807) is 12.1 Å². The summed E-state index contributed by atoms with van der Waals surface area (Å²) in [6.45, 7) is 0. The summed E-state index contributed by atoms with van der Waals surface area (Å²) in [5.41, 5.74) is 1.58. The van der Waals surface area contributed by atoms with Crippen molar-refractivity contribution in [2.45, 2.75) is 15.8 Å². The molecule has 0 saturated carbocycles. The molecule has 0 spiro atoms. The van der Waals surface area contributed by atoms with Gasteiger partial charge in [-0.15, -0.1) is 0 Å². The molecule has 1 aromatic carbocycles. The number of amides is 2. The summed E-state index contributed by atoms with van der Waals surface area (Å²) in [4.78, 5) is 22.7. The molecule has 0 radical (unpaired) electrons. The molecule has 0 atom stereocenters. The van der Waals surface area contributed by atoms with Crippen molar-refractivity contribution in [2.24, 2.45) is 0 Å². The molecule has 2 N–H and O–H groups in total. The van der Waals surface area contributed by atoms with Gasteiger partial charge in [-0.1, -0.05) is 58.5 Å². The Morgan fingerprint density at radius 3 is 1.64 bits per heavy atom. The molecule has 1 rings (SSSR count). The maximum absolute atomic E-state index is 11.7. The minimum Gasteiger partial charge on any atom is -0.378 e. The van der Waals surface area contributed by atoms with Crippen LogP contribution >= 0.6 is 46.4 Å². The van der Waals surface area contributed by atoms with Crippen LogP contribution in [0, 0.1) is 0 Å². The molecule has 0 fully saturated rings. The zero-order valence-electron chi connectivity index (χ0n) is 11.8. The molecule has 0 aliphatic heterocycles. The number of rotatable bonds is 6. The first-order valence-electron chi connectivity index (χ1n) is 6.16. The van der Waals surface area contributed by atoms with Crippen molar-refractivity contribution in [3.63, 3.8) is 0 Å². The van der Waals surface area contributed by atoms with Crippen LogP contribution in [-0.4, -0.2) is 35.6 Å². The molecule has 1 aromatic rings. The smallest absolute Gasteiger partial charge is 0.255 e. The monoisotopic (exact) mass is 385 g/mol. The highest BCUT2D eigenvalue weighted by atomic mass is 35.5.